The Morgan fingerprint density at radius 1 is 0.741 bits per heavy atom. The van der Waals surface area contributed by atoms with Crippen LogP contribution in [0.4, 0.5) is 11.5 Å². The standard InChI is InChI=1S/C23H22N4/c1-15-11-12-19(14-18(15)4)22-23(27-13-6-5-10-20(27)24-22)26-25-21-16(2)8-7-9-17(21)3/h5-14H,1-4H3. The summed E-state index contributed by atoms with van der Waals surface area (Å²) in [7, 11) is 0. The number of fused-ring (bicyclic) bond motifs is 1. The quantitative estimate of drug-likeness (QED) is 0.380. The van der Waals surface area contributed by atoms with Crippen LogP contribution in [0.2, 0.25) is 0 Å². The number of nitrogens with zero attached hydrogens (tertiary/aromatic N) is 4. The summed E-state index contributed by atoms with van der Waals surface area (Å²) in [6, 6.07) is 18.5. The van der Waals surface area contributed by atoms with Crippen molar-refractivity contribution in [3.05, 3.63) is 83.0 Å². The van der Waals surface area contributed by atoms with Crippen molar-refractivity contribution in [2.75, 3.05) is 0 Å². The highest BCUT2D eigenvalue weighted by atomic mass is 15.2. The summed E-state index contributed by atoms with van der Waals surface area (Å²) in [6.07, 6.45) is 1.98. The van der Waals surface area contributed by atoms with Crippen molar-refractivity contribution in [1.29, 1.82) is 0 Å². The third-order valence-corrected chi connectivity index (χ3v) is 4.97. The van der Waals surface area contributed by atoms with Gasteiger partial charge in [-0.1, -0.05) is 36.4 Å². The topological polar surface area (TPSA) is 42.0 Å². The van der Waals surface area contributed by atoms with Gasteiger partial charge in [0.1, 0.15) is 11.3 Å². The normalized spacial score (nSPS) is 11.6. The molecule has 4 aromatic rings. The van der Waals surface area contributed by atoms with E-state index in [4.69, 9.17) is 4.98 Å². The molecule has 0 saturated carbocycles. The van der Waals surface area contributed by atoms with E-state index in [1.165, 1.54) is 11.1 Å². The number of pyridine rings is 1. The van der Waals surface area contributed by atoms with Gasteiger partial charge in [0.2, 0.25) is 0 Å². The molecule has 0 spiro atoms. The van der Waals surface area contributed by atoms with Crippen molar-refractivity contribution in [3.63, 3.8) is 0 Å². The molecule has 4 heteroatoms. The van der Waals surface area contributed by atoms with E-state index >= 15 is 0 Å². The molecule has 0 aliphatic heterocycles. The Hall–Kier alpha value is -3.27. The fourth-order valence-electron chi connectivity index (χ4n) is 3.22. The Morgan fingerprint density at radius 3 is 2.26 bits per heavy atom. The number of benzene rings is 2. The first kappa shape index (κ1) is 17.2. The van der Waals surface area contributed by atoms with E-state index in [9.17, 15) is 0 Å². The van der Waals surface area contributed by atoms with Gasteiger partial charge in [0.15, 0.2) is 5.82 Å². The number of rotatable bonds is 3. The minimum absolute atomic E-state index is 0.747. The summed E-state index contributed by atoms with van der Waals surface area (Å²) in [5.41, 5.74) is 8.40. The highest BCUT2D eigenvalue weighted by molar-refractivity contribution is 5.75. The first-order chi connectivity index (χ1) is 13.0. The maximum atomic E-state index is 4.82. The summed E-state index contributed by atoms with van der Waals surface area (Å²) < 4.78 is 1.99. The largest absolute Gasteiger partial charge is 0.283 e. The number of hydrogen-bond acceptors (Lipinski definition) is 3. The lowest BCUT2D eigenvalue weighted by Gasteiger charge is -2.05. The van der Waals surface area contributed by atoms with Crippen LogP contribution in [-0.4, -0.2) is 9.38 Å². The molecule has 0 fully saturated rings. The maximum absolute atomic E-state index is 4.82. The van der Waals surface area contributed by atoms with Crippen LogP contribution in [0.5, 0.6) is 0 Å². The lowest BCUT2D eigenvalue weighted by Crippen LogP contribution is -1.85. The summed E-state index contributed by atoms with van der Waals surface area (Å²) in [6.45, 7) is 8.34. The van der Waals surface area contributed by atoms with E-state index in [2.05, 4.69) is 68.3 Å². The molecule has 0 N–H and O–H groups in total. The van der Waals surface area contributed by atoms with Crippen molar-refractivity contribution in [2.45, 2.75) is 27.7 Å². The van der Waals surface area contributed by atoms with Gasteiger partial charge in [-0.3, -0.25) is 4.40 Å². The van der Waals surface area contributed by atoms with Gasteiger partial charge in [-0.15, -0.1) is 10.2 Å². The molecular formula is C23H22N4. The summed E-state index contributed by atoms with van der Waals surface area (Å²) in [5, 5.41) is 9.23. The molecular weight excluding hydrogens is 332 g/mol. The number of azo groups is 1. The lowest BCUT2D eigenvalue weighted by atomic mass is 10.0. The fourth-order valence-corrected chi connectivity index (χ4v) is 3.22. The minimum atomic E-state index is 0.747. The molecule has 0 radical (unpaired) electrons. The van der Waals surface area contributed by atoms with Gasteiger partial charge in [-0.05, 0) is 68.1 Å². The molecule has 134 valence electrons. The van der Waals surface area contributed by atoms with Crippen LogP contribution in [0.15, 0.2) is 71.0 Å². The molecule has 0 amide bonds. The van der Waals surface area contributed by atoms with Crippen molar-refractivity contribution >= 4 is 17.2 Å². The molecule has 4 nitrogen and oxygen atoms in total. The Morgan fingerprint density at radius 2 is 1.52 bits per heavy atom. The Bertz CT molecular complexity index is 1150. The lowest BCUT2D eigenvalue weighted by molar-refractivity contribution is 1.09. The van der Waals surface area contributed by atoms with Crippen molar-refractivity contribution < 1.29 is 0 Å². The Labute approximate surface area is 159 Å². The summed E-state index contributed by atoms with van der Waals surface area (Å²) in [5.74, 6) is 0.747. The molecule has 4 rings (SSSR count). The predicted molar refractivity (Wildman–Crippen MR) is 110 cm³/mol. The van der Waals surface area contributed by atoms with Crippen molar-refractivity contribution in [2.24, 2.45) is 10.2 Å². The number of imidazole rings is 1. The molecule has 0 aliphatic carbocycles. The third kappa shape index (κ3) is 3.14. The van der Waals surface area contributed by atoms with E-state index in [-0.39, 0.29) is 0 Å². The van der Waals surface area contributed by atoms with Crippen molar-refractivity contribution in [1.82, 2.24) is 9.38 Å². The zero-order valence-electron chi connectivity index (χ0n) is 16.1. The van der Waals surface area contributed by atoms with E-state index in [0.717, 1.165) is 39.5 Å². The second kappa shape index (κ2) is 6.80. The number of aryl methyl sites for hydroxylation is 4. The maximum Gasteiger partial charge on any atom is 0.187 e. The molecule has 2 heterocycles. The average Bonchev–Trinajstić information content (AvgIpc) is 3.02. The van der Waals surface area contributed by atoms with Gasteiger partial charge in [0, 0.05) is 11.8 Å². The first-order valence-corrected chi connectivity index (χ1v) is 9.07. The highest BCUT2D eigenvalue weighted by Crippen LogP contribution is 2.34. The van der Waals surface area contributed by atoms with Crippen LogP contribution in [0.3, 0.4) is 0 Å². The summed E-state index contributed by atoms with van der Waals surface area (Å²) in [4.78, 5) is 4.82. The average molecular weight is 354 g/mol. The monoisotopic (exact) mass is 354 g/mol. The fraction of sp³-hybridized carbons (Fsp3) is 0.174. The molecule has 0 saturated heterocycles. The van der Waals surface area contributed by atoms with Crippen LogP contribution in [0.25, 0.3) is 16.9 Å². The van der Waals surface area contributed by atoms with E-state index < -0.39 is 0 Å². The predicted octanol–water partition coefficient (Wildman–Crippen LogP) is 6.65. The minimum Gasteiger partial charge on any atom is -0.283 e. The molecule has 27 heavy (non-hydrogen) atoms. The molecule has 0 aliphatic rings. The number of aromatic nitrogens is 2. The molecule has 2 aromatic heterocycles. The van der Waals surface area contributed by atoms with E-state index in [1.807, 2.05) is 34.9 Å². The smallest absolute Gasteiger partial charge is 0.187 e. The molecule has 2 aromatic carbocycles. The first-order valence-electron chi connectivity index (χ1n) is 9.07. The van der Waals surface area contributed by atoms with E-state index in [0.29, 0.717) is 0 Å². The number of hydrogen-bond donors (Lipinski definition) is 0. The molecule has 0 atom stereocenters. The Balaban J connectivity index is 1.91. The van der Waals surface area contributed by atoms with E-state index in [1.54, 1.807) is 0 Å². The molecule has 0 bridgehead atoms. The van der Waals surface area contributed by atoms with Gasteiger partial charge in [0.25, 0.3) is 0 Å². The van der Waals surface area contributed by atoms with Gasteiger partial charge in [-0.25, -0.2) is 4.98 Å². The van der Waals surface area contributed by atoms with Crippen LogP contribution in [-0.2, 0) is 0 Å². The SMILES string of the molecule is Cc1ccc(-c2nc3ccccn3c2N=Nc2c(C)cccc2C)cc1C. The zero-order valence-corrected chi connectivity index (χ0v) is 16.1. The van der Waals surface area contributed by atoms with Crippen LogP contribution in [0, 0.1) is 27.7 Å². The zero-order chi connectivity index (χ0) is 19.0. The molecule has 0 unspecified atom stereocenters. The van der Waals surface area contributed by atoms with Gasteiger partial charge >= 0.3 is 0 Å². The van der Waals surface area contributed by atoms with Crippen molar-refractivity contribution in [3.8, 4) is 11.3 Å². The van der Waals surface area contributed by atoms with Gasteiger partial charge < -0.3 is 0 Å². The Kier molecular flexibility index (Phi) is 4.32. The third-order valence-electron chi connectivity index (χ3n) is 4.97. The highest BCUT2D eigenvalue weighted by Gasteiger charge is 2.14. The summed E-state index contributed by atoms with van der Waals surface area (Å²) >= 11 is 0. The van der Waals surface area contributed by atoms with Crippen LogP contribution in [0.1, 0.15) is 22.3 Å². The second-order valence-electron chi connectivity index (χ2n) is 6.95. The van der Waals surface area contributed by atoms with Crippen LogP contribution >= 0.6 is 0 Å². The van der Waals surface area contributed by atoms with Crippen LogP contribution < -0.4 is 0 Å². The second-order valence-corrected chi connectivity index (χ2v) is 6.95. The van der Waals surface area contributed by atoms with Gasteiger partial charge in [0.05, 0.1) is 5.69 Å². The van der Waals surface area contributed by atoms with Gasteiger partial charge in [-0.2, -0.15) is 0 Å².